The fraction of sp³-hybridized carbons (Fsp3) is 0.207. The van der Waals surface area contributed by atoms with E-state index < -0.39 is 7.14 Å². The Labute approximate surface area is 230 Å². The van der Waals surface area contributed by atoms with E-state index in [4.69, 9.17) is 4.52 Å². The maximum atomic E-state index is 12.7. The lowest BCUT2D eigenvalue weighted by Crippen LogP contribution is -2.12. The summed E-state index contributed by atoms with van der Waals surface area (Å²) in [7, 11) is -2.32. The molecule has 0 bridgehead atoms. The highest BCUT2D eigenvalue weighted by Gasteiger charge is 2.29. The van der Waals surface area contributed by atoms with Gasteiger partial charge in [-0.05, 0) is 86.7 Å². The molecule has 5 aromatic rings. The van der Waals surface area contributed by atoms with Gasteiger partial charge in [0.25, 0.3) is 5.91 Å². The molecule has 1 amide bonds. The Hall–Kier alpha value is -4.56. The van der Waals surface area contributed by atoms with Gasteiger partial charge in [0.15, 0.2) is 22.7 Å². The van der Waals surface area contributed by atoms with Gasteiger partial charge in [0.1, 0.15) is 25.6 Å². The number of anilines is 3. The predicted molar refractivity (Wildman–Crippen MR) is 157 cm³/mol. The van der Waals surface area contributed by atoms with Crippen LogP contribution in [0.4, 0.5) is 17.2 Å². The number of rotatable bonds is 8. The van der Waals surface area contributed by atoms with Crippen molar-refractivity contribution in [2.45, 2.75) is 25.7 Å². The van der Waals surface area contributed by atoms with Crippen molar-refractivity contribution in [1.29, 1.82) is 0 Å². The highest BCUT2D eigenvalue weighted by Crippen LogP contribution is 2.40. The number of nitrogens with one attached hydrogen (secondary N) is 2. The molecule has 0 spiro atoms. The van der Waals surface area contributed by atoms with Gasteiger partial charge < -0.3 is 19.7 Å². The van der Waals surface area contributed by atoms with Gasteiger partial charge in [-0.2, -0.15) is 0 Å². The van der Waals surface area contributed by atoms with E-state index in [1.54, 1.807) is 25.7 Å². The van der Waals surface area contributed by atoms with Crippen LogP contribution in [0.25, 0.3) is 23.4 Å². The molecular formula is C29H28N7O3P. The largest absolute Gasteiger partial charge is 0.360 e. The third kappa shape index (κ3) is 5.44. The lowest BCUT2D eigenvalue weighted by molar-refractivity contribution is 0.101. The zero-order valence-corrected chi connectivity index (χ0v) is 23.2. The predicted octanol–water partition coefficient (Wildman–Crippen LogP) is 5.87. The molecule has 40 heavy (non-hydrogen) atoms. The van der Waals surface area contributed by atoms with Crippen LogP contribution in [0.5, 0.6) is 0 Å². The Kier molecular flexibility index (Phi) is 6.56. The standard InChI is InChI=1S/C29H28N7O3P/c1-18-4-7-22(34-29(37)24-15-25(39-35-24)19-5-6-19)14-20(18)12-13-36-17-32-26-27(30-16-31-28(26)36)33-21-8-10-23(11-9-21)40(2,3)38/h4,7-17,19H,5-6H2,1-3H3,(H,34,37)(H,30,31,33). The summed E-state index contributed by atoms with van der Waals surface area (Å²) in [5, 5.41) is 10.9. The van der Waals surface area contributed by atoms with E-state index in [-0.39, 0.29) is 11.6 Å². The first kappa shape index (κ1) is 25.7. The van der Waals surface area contributed by atoms with E-state index in [1.165, 1.54) is 6.33 Å². The molecule has 0 atom stereocenters. The first-order valence-corrected chi connectivity index (χ1v) is 15.5. The average Bonchev–Trinajstić information content (AvgIpc) is 3.50. The summed E-state index contributed by atoms with van der Waals surface area (Å²) in [6, 6.07) is 14.9. The van der Waals surface area contributed by atoms with Gasteiger partial charge in [-0.3, -0.25) is 9.36 Å². The number of amides is 1. The number of fused-ring (bicyclic) bond motifs is 1. The lowest BCUT2D eigenvalue weighted by atomic mass is 10.1. The van der Waals surface area contributed by atoms with Crippen LogP contribution in [0.1, 0.15) is 46.1 Å². The molecule has 3 aromatic heterocycles. The summed E-state index contributed by atoms with van der Waals surface area (Å²) >= 11 is 0. The van der Waals surface area contributed by atoms with Gasteiger partial charge in [-0.15, -0.1) is 0 Å². The molecule has 2 N–H and O–H groups in total. The van der Waals surface area contributed by atoms with E-state index in [0.29, 0.717) is 28.6 Å². The number of carbonyl (C=O) groups is 1. The third-order valence-corrected chi connectivity index (χ3v) is 8.34. The van der Waals surface area contributed by atoms with E-state index >= 15 is 0 Å². The molecule has 6 rings (SSSR count). The quantitative estimate of drug-likeness (QED) is 0.228. The molecular weight excluding hydrogens is 525 g/mol. The normalized spacial score (nSPS) is 13.7. The van der Waals surface area contributed by atoms with E-state index in [2.05, 4.69) is 30.7 Å². The Morgan fingerprint density at radius 2 is 1.82 bits per heavy atom. The van der Waals surface area contributed by atoms with Crippen LogP contribution in [0.15, 0.2) is 65.7 Å². The van der Waals surface area contributed by atoms with Crippen LogP contribution < -0.4 is 15.9 Å². The fourth-order valence-corrected chi connectivity index (χ4v) is 5.17. The monoisotopic (exact) mass is 553 g/mol. The van der Waals surface area contributed by atoms with Crippen molar-refractivity contribution in [3.8, 4) is 0 Å². The minimum Gasteiger partial charge on any atom is -0.360 e. The molecule has 11 heteroatoms. The number of hydrogen-bond acceptors (Lipinski definition) is 8. The maximum absolute atomic E-state index is 12.7. The topological polar surface area (TPSA) is 128 Å². The van der Waals surface area contributed by atoms with Crippen LogP contribution in [-0.2, 0) is 4.57 Å². The van der Waals surface area contributed by atoms with Crippen molar-refractivity contribution < 1.29 is 13.9 Å². The zero-order valence-electron chi connectivity index (χ0n) is 22.3. The number of benzene rings is 2. The Balaban J connectivity index is 1.19. The summed E-state index contributed by atoms with van der Waals surface area (Å²) < 4.78 is 19.4. The summed E-state index contributed by atoms with van der Waals surface area (Å²) in [5.74, 6) is 1.43. The van der Waals surface area contributed by atoms with Crippen LogP contribution >= 0.6 is 7.14 Å². The number of hydrogen-bond donors (Lipinski definition) is 2. The highest BCUT2D eigenvalue weighted by atomic mass is 31.2. The molecule has 1 aliphatic carbocycles. The Morgan fingerprint density at radius 3 is 2.58 bits per heavy atom. The summed E-state index contributed by atoms with van der Waals surface area (Å²) in [4.78, 5) is 26.0. The number of imidazole rings is 1. The minimum absolute atomic E-state index is 0.278. The molecule has 0 unspecified atom stereocenters. The second kappa shape index (κ2) is 10.2. The molecule has 0 aliphatic heterocycles. The summed E-state index contributed by atoms with van der Waals surface area (Å²) in [6.45, 7) is 5.50. The second-order valence-electron chi connectivity index (χ2n) is 10.3. The Morgan fingerprint density at radius 1 is 1.05 bits per heavy atom. The molecule has 0 saturated heterocycles. The van der Waals surface area contributed by atoms with Crippen LogP contribution in [0.3, 0.4) is 0 Å². The number of aryl methyl sites for hydroxylation is 1. The second-order valence-corrected chi connectivity index (χ2v) is 13.5. The van der Waals surface area contributed by atoms with Crippen molar-refractivity contribution in [3.05, 3.63) is 83.8 Å². The first-order valence-electron chi connectivity index (χ1n) is 12.9. The molecule has 3 heterocycles. The van der Waals surface area contributed by atoms with Gasteiger partial charge in [0, 0.05) is 34.9 Å². The Bertz CT molecular complexity index is 1800. The van der Waals surface area contributed by atoms with Gasteiger partial charge in [-0.1, -0.05) is 11.2 Å². The fourth-order valence-electron chi connectivity index (χ4n) is 4.30. The number of carbonyl (C=O) groups excluding carboxylic acids is 1. The smallest absolute Gasteiger partial charge is 0.277 e. The SMILES string of the molecule is Cc1ccc(NC(=O)c2cc(C3CC3)on2)cc1C=Cn1cnc2c(Nc3ccc(P(C)(C)=O)cc3)ncnc21. The van der Waals surface area contributed by atoms with Crippen molar-refractivity contribution in [2.24, 2.45) is 0 Å². The van der Waals surface area contributed by atoms with Crippen molar-refractivity contribution in [1.82, 2.24) is 24.7 Å². The summed E-state index contributed by atoms with van der Waals surface area (Å²) in [6.07, 6.45) is 9.13. The van der Waals surface area contributed by atoms with Gasteiger partial charge >= 0.3 is 0 Å². The van der Waals surface area contributed by atoms with Crippen molar-refractivity contribution in [2.75, 3.05) is 24.0 Å². The van der Waals surface area contributed by atoms with Crippen molar-refractivity contribution >= 4 is 59.0 Å². The molecule has 202 valence electrons. The van der Waals surface area contributed by atoms with Crippen molar-refractivity contribution in [3.63, 3.8) is 0 Å². The molecule has 1 aliphatic rings. The van der Waals surface area contributed by atoms with Gasteiger partial charge in [0.05, 0.1) is 0 Å². The average molecular weight is 554 g/mol. The summed E-state index contributed by atoms with van der Waals surface area (Å²) in [5.41, 5.74) is 4.96. The van der Waals surface area contributed by atoms with Gasteiger partial charge in [-0.25, -0.2) is 15.0 Å². The van der Waals surface area contributed by atoms with Crippen LogP contribution in [-0.4, -0.2) is 43.9 Å². The molecule has 2 aromatic carbocycles. The van der Waals surface area contributed by atoms with E-state index in [9.17, 15) is 9.36 Å². The first-order chi connectivity index (χ1) is 19.2. The maximum Gasteiger partial charge on any atom is 0.277 e. The molecule has 1 fully saturated rings. The highest BCUT2D eigenvalue weighted by molar-refractivity contribution is 7.70. The van der Waals surface area contributed by atoms with Crippen LogP contribution in [0.2, 0.25) is 0 Å². The molecule has 10 nitrogen and oxygen atoms in total. The molecule has 1 saturated carbocycles. The van der Waals surface area contributed by atoms with Crippen LogP contribution in [0, 0.1) is 6.92 Å². The van der Waals surface area contributed by atoms with E-state index in [1.807, 2.05) is 66.2 Å². The van der Waals surface area contributed by atoms with Gasteiger partial charge in [0.2, 0.25) is 0 Å². The molecule has 0 radical (unpaired) electrons. The lowest BCUT2D eigenvalue weighted by Gasteiger charge is -2.09. The zero-order chi connectivity index (χ0) is 27.9. The number of aromatic nitrogens is 5. The minimum atomic E-state index is -2.32. The third-order valence-electron chi connectivity index (χ3n) is 6.80. The van der Waals surface area contributed by atoms with E-state index in [0.717, 1.165) is 40.7 Å². The number of nitrogens with zero attached hydrogens (tertiary/aromatic N) is 5.